The van der Waals surface area contributed by atoms with Crippen molar-refractivity contribution < 1.29 is 4.79 Å². The van der Waals surface area contributed by atoms with Crippen LogP contribution >= 0.6 is 11.6 Å². The summed E-state index contributed by atoms with van der Waals surface area (Å²) >= 11 is 5.90. The zero-order valence-electron chi connectivity index (χ0n) is 12.5. The fraction of sp³-hybridized carbons (Fsp3) is 0.562. The maximum absolute atomic E-state index is 12.0. The summed E-state index contributed by atoms with van der Waals surface area (Å²) in [6.07, 6.45) is 2.23. The van der Waals surface area contributed by atoms with Crippen molar-refractivity contribution in [3.05, 3.63) is 34.9 Å². The van der Waals surface area contributed by atoms with Gasteiger partial charge in [-0.05, 0) is 43.4 Å². The minimum Gasteiger partial charge on any atom is -0.349 e. The average Bonchev–Trinajstić information content (AvgIpc) is 2.36. The van der Waals surface area contributed by atoms with Crippen molar-refractivity contribution in [3.63, 3.8) is 0 Å². The summed E-state index contributed by atoms with van der Waals surface area (Å²) in [5, 5.41) is 3.81. The minimum absolute atomic E-state index is 0.0232. The molecule has 20 heavy (non-hydrogen) atoms. The molecule has 0 heterocycles. The number of hydrogen-bond acceptors (Lipinski definition) is 2. The van der Waals surface area contributed by atoms with Crippen LogP contribution in [0.3, 0.4) is 0 Å². The van der Waals surface area contributed by atoms with Gasteiger partial charge in [0.25, 0.3) is 0 Å². The van der Waals surface area contributed by atoms with Crippen molar-refractivity contribution in [2.75, 3.05) is 0 Å². The monoisotopic (exact) mass is 296 g/mol. The predicted octanol–water partition coefficient (Wildman–Crippen LogP) is 3.67. The Labute approximate surface area is 126 Å². The molecule has 0 radical (unpaired) electrons. The van der Waals surface area contributed by atoms with Crippen LogP contribution in [0.25, 0.3) is 0 Å². The van der Waals surface area contributed by atoms with Gasteiger partial charge in [-0.25, -0.2) is 0 Å². The highest BCUT2D eigenvalue weighted by atomic mass is 35.5. The highest BCUT2D eigenvalue weighted by molar-refractivity contribution is 6.30. The van der Waals surface area contributed by atoms with E-state index in [-0.39, 0.29) is 18.0 Å². The van der Waals surface area contributed by atoms with E-state index in [1.54, 1.807) is 0 Å². The largest absolute Gasteiger partial charge is 0.349 e. The summed E-state index contributed by atoms with van der Waals surface area (Å²) in [4.78, 5) is 12.0. The molecule has 4 heteroatoms. The molecular weight excluding hydrogens is 272 g/mol. The Kier molecular flexibility index (Phi) is 7.03. The summed E-state index contributed by atoms with van der Waals surface area (Å²) in [5.41, 5.74) is 6.78. The summed E-state index contributed by atoms with van der Waals surface area (Å²) in [7, 11) is 0. The minimum atomic E-state index is 0.0232. The first-order valence-electron chi connectivity index (χ1n) is 7.20. The van der Waals surface area contributed by atoms with E-state index in [4.69, 9.17) is 17.3 Å². The number of hydrogen-bond donors (Lipinski definition) is 2. The molecule has 3 nitrogen and oxygen atoms in total. The maximum atomic E-state index is 12.0. The van der Waals surface area contributed by atoms with E-state index in [9.17, 15) is 4.79 Å². The zero-order valence-corrected chi connectivity index (χ0v) is 13.3. The number of carbonyl (C=O) groups excluding carboxylic acids is 1. The number of nitrogens with two attached hydrogens (primary N) is 1. The van der Waals surface area contributed by atoms with Gasteiger partial charge in [0.2, 0.25) is 5.91 Å². The second-order valence-electron chi connectivity index (χ2n) is 5.71. The quantitative estimate of drug-likeness (QED) is 0.806. The van der Waals surface area contributed by atoms with Gasteiger partial charge in [-0.1, -0.05) is 37.6 Å². The van der Waals surface area contributed by atoms with Crippen LogP contribution in [0.1, 0.15) is 51.6 Å². The first-order valence-corrected chi connectivity index (χ1v) is 7.58. The molecule has 0 bridgehead atoms. The highest BCUT2D eigenvalue weighted by Gasteiger charge is 2.18. The van der Waals surface area contributed by atoms with Crippen LogP contribution in [-0.2, 0) is 4.79 Å². The van der Waals surface area contributed by atoms with Crippen LogP contribution in [0.15, 0.2) is 24.3 Å². The van der Waals surface area contributed by atoms with Gasteiger partial charge in [0.05, 0.1) is 6.04 Å². The Morgan fingerprint density at radius 1 is 1.25 bits per heavy atom. The van der Waals surface area contributed by atoms with Gasteiger partial charge in [-0.3, -0.25) is 4.79 Å². The third-order valence-electron chi connectivity index (χ3n) is 3.28. The lowest BCUT2D eigenvalue weighted by Gasteiger charge is -2.23. The van der Waals surface area contributed by atoms with Gasteiger partial charge in [-0.2, -0.15) is 0 Å². The molecule has 0 fully saturated rings. The van der Waals surface area contributed by atoms with Crippen molar-refractivity contribution in [3.8, 4) is 0 Å². The molecule has 1 aromatic carbocycles. The van der Waals surface area contributed by atoms with Crippen molar-refractivity contribution in [1.82, 2.24) is 5.32 Å². The second-order valence-corrected chi connectivity index (χ2v) is 6.15. The molecule has 0 aliphatic rings. The van der Waals surface area contributed by atoms with Crippen LogP contribution in [0.4, 0.5) is 0 Å². The lowest BCUT2D eigenvalue weighted by molar-refractivity contribution is -0.122. The lowest BCUT2D eigenvalue weighted by atomic mass is 9.96. The number of rotatable bonds is 7. The fourth-order valence-electron chi connectivity index (χ4n) is 2.14. The van der Waals surface area contributed by atoms with E-state index in [0.717, 1.165) is 18.4 Å². The van der Waals surface area contributed by atoms with Gasteiger partial charge in [0.15, 0.2) is 0 Å². The van der Waals surface area contributed by atoms with Crippen LogP contribution in [-0.4, -0.2) is 11.9 Å². The fourth-order valence-corrected chi connectivity index (χ4v) is 2.26. The van der Waals surface area contributed by atoms with Crippen molar-refractivity contribution in [2.24, 2.45) is 11.7 Å². The first kappa shape index (κ1) is 17.0. The van der Waals surface area contributed by atoms with E-state index in [1.165, 1.54) is 0 Å². The Hall–Kier alpha value is -1.06. The molecule has 1 amide bonds. The lowest BCUT2D eigenvalue weighted by Crippen LogP contribution is -2.31. The molecule has 0 aliphatic heterocycles. The molecule has 3 N–H and O–H groups in total. The molecule has 1 aromatic rings. The van der Waals surface area contributed by atoms with Gasteiger partial charge < -0.3 is 11.1 Å². The first-order chi connectivity index (χ1) is 9.40. The summed E-state index contributed by atoms with van der Waals surface area (Å²) in [5.74, 6) is 0.410. The molecule has 0 saturated carbocycles. The number of carbonyl (C=O) groups is 1. The standard InChI is InChI=1S/C16H25ClN2O/c1-11(2)16(13-7-9-14(17)10-8-13)19-15(20)6-4-5-12(3)18/h7-12,16H,4-6,18H2,1-3H3,(H,19,20). The average molecular weight is 297 g/mol. The predicted molar refractivity (Wildman–Crippen MR) is 84.7 cm³/mol. The summed E-state index contributed by atoms with van der Waals surface area (Å²) < 4.78 is 0. The summed E-state index contributed by atoms with van der Waals surface area (Å²) in [6, 6.07) is 7.82. The summed E-state index contributed by atoms with van der Waals surface area (Å²) in [6.45, 7) is 6.16. The number of amides is 1. The molecule has 2 atom stereocenters. The normalized spacial score (nSPS) is 14.1. The Balaban J connectivity index is 2.59. The van der Waals surface area contributed by atoms with Crippen molar-refractivity contribution in [1.29, 1.82) is 0 Å². The van der Waals surface area contributed by atoms with Crippen molar-refractivity contribution in [2.45, 2.75) is 52.1 Å². The van der Waals surface area contributed by atoms with Crippen LogP contribution in [0, 0.1) is 5.92 Å². The van der Waals surface area contributed by atoms with Gasteiger partial charge in [0.1, 0.15) is 0 Å². The van der Waals surface area contributed by atoms with Gasteiger partial charge >= 0.3 is 0 Å². The molecule has 0 spiro atoms. The Bertz CT molecular complexity index is 415. The maximum Gasteiger partial charge on any atom is 0.220 e. The molecule has 1 rings (SSSR count). The number of benzene rings is 1. The van der Waals surface area contributed by atoms with E-state index in [2.05, 4.69) is 19.2 Å². The van der Waals surface area contributed by atoms with Gasteiger partial charge in [-0.15, -0.1) is 0 Å². The number of halogens is 1. The van der Waals surface area contributed by atoms with E-state index >= 15 is 0 Å². The second kappa shape index (κ2) is 8.28. The van der Waals surface area contributed by atoms with Crippen LogP contribution < -0.4 is 11.1 Å². The van der Waals surface area contributed by atoms with E-state index < -0.39 is 0 Å². The molecule has 0 aromatic heterocycles. The smallest absolute Gasteiger partial charge is 0.220 e. The Morgan fingerprint density at radius 2 is 1.85 bits per heavy atom. The van der Waals surface area contributed by atoms with E-state index in [0.29, 0.717) is 17.4 Å². The molecular formula is C16H25ClN2O. The SMILES string of the molecule is CC(N)CCCC(=O)NC(c1ccc(Cl)cc1)C(C)C. The van der Waals surface area contributed by atoms with E-state index in [1.807, 2.05) is 31.2 Å². The molecule has 0 aliphatic carbocycles. The molecule has 2 unspecified atom stereocenters. The highest BCUT2D eigenvalue weighted by Crippen LogP contribution is 2.23. The third kappa shape index (κ3) is 5.93. The topological polar surface area (TPSA) is 55.1 Å². The number of nitrogens with one attached hydrogen (secondary N) is 1. The van der Waals surface area contributed by atoms with Crippen LogP contribution in [0.5, 0.6) is 0 Å². The molecule has 112 valence electrons. The van der Waals surface area contributed by atoms with Crippen molar-refractivity contribution >= 4 is 17.5 Å². The van der Waals surface area contributed by atoms with Gasteiger partial charge in [0, 0.05) is 17.5 Å². The zero-order chi connectivity index (χ0) is 15.1. The Morgan fingerprint density at radius 3 is 2.35 bits per heavy atom. The third-order valence-corrected chi connectivity index (χ3v) is 3.53. The van der Waals surface area contributed by atoms with Crippen LogP contribution in [0.2, 0.25) is 5.02 Å². The molecule has 0 saturated heterocycles.